The van der Waals surface area contributed by atoms with Crippen molar-refractivity contribution in [3.8, 4) is 0 Å². The molecule has 1 heterocycles. The fourth-order valence-electron chi connectivity index (χ4n) is 1.57. The Morgan fingerprint density at radius 2 is 1.83 bits per heavy atom. The van der Waals surface area contributed by atoms with Gasteiger partial charge in [-0.1, -0.05) is 13.8 Å². The summed E-state index contributed by atoms with van der Waals surface area (Å²) in [7, 11) is 1.71. The van der Waals surface area contributed by atoms with Crippen LogP contribution in [0.5, 0.6) is 0 Å². The first-order valence-corrected chi connectivity index (χ1v) is 6.69. The molecule has 0 spiro atoms. The number of hydrogen-bond acceptors (Lipinski definition) is 5. The Balaban J connectivity index is 2.21. The molecule has 0 aliphatic heterocycles. The molecule has 5 heteroatoms. The first-order chi connectivity index (χ1) is 8.61. The molecule has 0 radical (unpaired) electrons. The Hall–Kier alpha value is -0.940. The van der Waals surface area contributed by atoms with Gasteiger partial charge in [-0.3, -0.25) is 0 Å². The van der Waals surface area contributed by atoms with Crippen LogP contribution in [-0.2, 0) is 17.6 Å². The maximum Gasteiger partial charge on any atom is 0.216 e. The van der Waals surface area contributed by atoms with E-state index >= 15 is 0 Å². The van der Waals surface area contributed by atoms with E-state index in [4.69, 9.17) is 9.15 Å². The van der Waals surface area contributed by atoms with E-state index in [9.17, 15) is 0 Å². The SMILES string of the molecule is COC(C)CCc1nnc(CCCNC(C)C)o1. The monoisotopic (exact) mass is 255 g/mol. The lowest BCUT2D eigenvalue weighted by Gasteiger charge is -2.06. The molecule has 1 N–H and O–H groups in total. The molecule has 0 aromatic carbocycles. The van der Waals surface area contributed by atoms with Gasteiger partial charge in [-0.25, -0.2) is 0 Å². The molecule has 18 heavy (non-hydrogen) atoms. The number of aryl methyl sites for hydroxylation is 2. The van der Waals surface area contributed by atoms with Gasteiger partial charge in [0.1, 0.15) is 0 Å². The Kier molecular flexibility index (Phi) is 6.90. The molecule has 1 atom stereocenters. The van der Waals surface area contributed by atoms with Crippen LogP contribution in [0.4, 0.5) is 0 Å². The van der Waals surface area contributed by atoms with Crippen LogP contribution in [-0.4, -0.2) is 36.0 Å². The average Bonchev–Trinajstić information content (AvgIpc) is 2.79. The fraction of sp³-hybridized carbons (Fsp3) is 0.846. The van der Waals surface area contributed by atoms with Crippen LogP contribution in [0, 0.1) is 0 Å². The van der Waals surface area contributed by atoms with Gasteiger partial charge in [0.15, 0.2) is 0 Å². The van der Waals surface area contributed by atoms with E-state index in [1.807, 2.05) is 6.92 Å². The number of nitrogens with one attached hydrogen (secondary N) is 1. The van der Waals surface area contributed by atoms with Crippen molar-refractivity contribution in [2.45, 2.75) is 58.6 Å². The van der Waals surface area contributed by atoms with E-state index in [1.165, 1.54) is 0 Å². The maximum absolute atomic E-state index is 5.58. The molecule has 104 valence electrons. The van der Waals surface area contributed by atoms with E-state index in [1.54, 1.807) is 7.11 Å². The summed E-state index contributed by atoms with van der Waals surface area (Å²) in [6.45, 7) is 7.30. The molecule has 0 aliphatic carbocycles. The minimum Gasteiger partial charge on any atom is -0.425 e. The van der Waals surface area contributed by atoms with Crippen molar-refractivity contribution in [2.75, 3.05) is 13.7 Å². The highest BCUT2D eigenvalue weighted by Crippen LogP contribution is 2.07. The van der Waals surface area contributed by atoms with E-state index in [2.05, 4.69) is 29.4 Å². The Morgan fingerprint density at radius 1 is 1.17 bits per heavy atom. The zero-order valence-corrected chi connectivity index (χ0v) is 11.9. The van der Waals surface area contributed by atoms with Crippen LogP contribution in [0.15, 0.2) is 4.42 Å². The van der Waals surface area contributed by atoms with E-state index < -0.39 is 0 Å². The third-order valence-corrected chi connectivity index (χ3v) is 2.80. The second-order valence-corrected chi connectivity index (χ2v) is 4.89. The lowest BCUT2D eigenvalue weighted by molar-refractivity contribution is 0.109. The molecule has 0 saturated carbocycles. The highest BCUT2D eigenvalue weighted by molar-refractivity contribution is 4.83. The summed E-state index contributed by atoms with van der Waals surface area (Å²) < 4.78 is 10.8. The maximum atomic E-state index is 5.58. The molecular formula is C13H25N3O2. The molecule has 1 rings (SSSR count). The molecule has 0 bridgehead atoms. The van der Waals surface area contributed by atoms with Crippen molar-refractivity contribution in [1.29, 1.82) is 0 Å². The second kappa shape index (κ2) is 8.21. The molecule has 1 aromatic rings. The molecule has 1 unspecified atom stereocenters. The van der Waals surface area contributed by atoms with Crippen molar-refractivity contribution in [3.05, 3.63) is 11.8 Å². The highest BCUT2D eigenvalue weighted by Gasteiger charge is 2.08. The molecule has 5 nitrogen and oxygen atoms in total. The fourth-order valence-corrected chi connectivity index (χ4v) is 1.57. The van der Waals surface area contributed by atoms with Crippen molar-refractivity contribution in [2.24, 2.45) is 0 Å². The minimum absolute atomic E-state index is 0.232. The zero-order valence-electron chi connectivity index (χ0n) is 11.9. The summed E-state index contributed by atoms with van der Waals surface area (Å²) in [6.07, 6.45) is 3.79. The predicted molar refractivity (Wildman–Crippen MR) is 70.5 cm³/mol. The highest BCUT2D eigenvalue weighted by atomic mass is 16.5. The summed E-state index contributed by atoms with van der Waals surface area (Å²) in [5.74, 6) is 1.45. The summed E-state index contributed by atoms with van der Waals surface area (Å²) in [6, 6.07) is 0.527. The number of nitrogens with zero attached hydrogens (tertiary/aromatic N) is 2. The topological polar surface area (TPSA) is 60.2 Å². The molecule has 0 aliphatic rings. The van der Waals surface area contributed by atoms with Crippen LogP contribution in [0.25, 0.3) is 0 Å². The quantitative estimate of drug-likeness (QED) is 0.684. The van der Waals surface area contributed by atoms with E-state index in [0.717, 1.165) is 38.1 Å². The lowest BCUT2D eigenvalue weighted by Crippen LogP contribution is -2.23. The molecule has 0 fully saturated rings. The minimum atomic E-state index is 0.232. The number of hydrogen-bond donors (Lipinski definition) is 1. The van der Waals surface area contributed by atoms with Crippen LogP contribution >= 0.6 is 0 Å². The van der Waals surface area contributed by atoms with Crippen LogP contribution < -0.4 is 5.32 Å². The first kappa shape index (κ1) is 15.1. The Bertz CT molecular complexity index is 326. The van der Waals surface area contributed by atoms with Gasteiger partial charge in [-0.05, 0) is 26.3 Å². The van der Waals surface area contributed by atoms with Crippen molar-refractivity contribution >= 4 is 0 Å². The van der Waals surface area contributed by atoms with Gasteiger partial charge in [-0.15, -0.1) is 10.2 Å². The lowest BCUT2D eigenvalue weighted by atomic mass is 10.2. The summed E-state index contributed by atoms with van der Waals surface area (Å²) in [5, 5.41) is 11.5. The van der Waals surface area contributed by atoms with Gasteiger partial charge in [0.2, 0.25) is 11.8 Å². The number of rotatable bonds is 9. The van der Waals surface area contributed by atoms with Crippen LogP contribution in [0.3, 0.4) is 0 Å². The molecule has 1 aromatic heterocycles. The van der Waals surface area contributed by atoms with Crippen molar-refractivity contribution in [1.82, 2.24) is 15.5 Å². The summed E-state index contributed by atoms with van der Waals surface area (Å²) in [4.78, 5) is 0. The number of methoxy groups -OCH3 is 1. The third-order valence-electron chi connectivity index (χ3n) is 2.80. The van der Waals surface area contributed by atoms with Gasteiger partial charge in [0, 0.05) is 26.0 Å². The standard InChI is InChI=1S/C13H25N3O2/c1-10(2)14-9-5-6-12-15-16-13(18-12)8-7-11(3)17-4/h10-11,14H,5-9H2,1-4H3. The van der Waals surface area contributed by atoms with Gasteiger partial charge < -0.3 is 14.5 Å². The average molecular weight is 255 g/mol. The zero-order chi connectivity index (χ0) is 13.4. The Labute approximate surface area is 109 Å². The van der Waals surface area contributed by atoms with Crippen LogP contribution in [0.2, 0.25) is 0 Å². The predicted octanol–water partition coefficient (Wildman–Crippen LogP) is 1.97. The molecular weight excluding hydrogens is 230 g/mol. The summed E-state index contributed by atoms with van der Waals surface area (Å²) >= 11 is 0. The normalized spacial score (nSPS) is 13.2. The number of aromatic nitrogens is 2. The molecule has 0 saturated heterocycles. The first-order valence-electron chi connectivity index (χ1n) is 6.69. The van der Waals surface area contributed by atoms with Gasteiger partial charge in [0.05, 0.1) is 6.10 Å². The van der Waals surface area contributed by atoms with Crippen molar-refractivity contribution in [3.63, 3.8) is 0 Å². The van der Waals surface area contributed by atoms with Crippen LogP contribution in [0.1, 0.15) is 45.4 Å². The molecule has 0 amide bonds. The second-order valence-electron chi connectivity index (χ2n) is 4.89. The van der Waals surface area contributed by atoms with E-state index in [-0.39, 0.29) is 6.10 Å². The van der Waals surface area contributed by atoms with E-state index in [0.29, 0.717) is 11.9 Å². The van der Waals surface area contributed by atoms with Gasteiger partial charge in [0.25, 0.3) is 0 Å². The van der Waals surface area contributed by atoms with Gasteiger partial charge >= 0.3 is 0 Å². The smallest absolute Gasteiger partial charge is 0.216 e. The summed E-state index contributed by atoms with van der Waals surface area (Å²) in [5.41, 5.74) is 0. The number of ether oxygens (including phenoxy) is 1. The third kappa shape index (κ3) is 6.12. The largest absolute Gasteiger partial charge is 0.425 e. The Morgan fingerprint density at radius 3 is 2.44 bits per heavy atom. The van der Waals surface area contributed by atoms with Gasteiger partial charge in [-0.2, -0.15) is 0 Å². The van der Waals surface area contributed by atoms with Crippen molar-refractivity contribution < 1.29 is 9.15 Å².